The first kappa shape index (κ1) is 43.0. The summed E-state index contributed by atoms with van der Waals surface area (Å²) in [4.78, 5) is 25.7. The Morgan fingerprint density at radius 3 is 1.57 bits per heavy atom. The standard InChI is InChI=1S/C25H21FN4O4.C25H19FN4O3/c1-24(12-31,13-32)7-6-15-9-19-22(29-11-15)34-20-5-4-16(17-3-2-8-28-21(17)26)10-18(20)25(19)14-33-23(27)30-25;1-24(12-31-13-24)7-6-15-9-19-22(29-11-15)33-20-5-4-16(17-3-2-8-28-21(17)26)10-18(20)25(19)14-32-23(27)30-25/h2-5,8-11,31-32H,12-14H2,1H3,(H2,27,30);2-5,8-11H,12-14H2,1H3,(H2,27,30)/t2*25-/m00/s1. The van der Waals surface area contributed by atoms with Crippen molar-refractivity contribution in [1.82, 2.24) is 19.9 Å². The Balaban J connectivity index is 0.000000157. The second kappa shape index (κ2) is 16.5. The molecule has 0 bridgehead atoms. The Kier molecular flexibility index (Phi) is 10.6. The van der Waals surface area contributed by atoms with Gasteiger partial charge in [-0.15, -0.1) is 0 Å². The lowest BCUT2D eigenvalue weighted by Crippen LogP contribution is -2.38. The van der Waals surface area contributed by atoms with E-state index in [2.05, 4.69) is 60.5 Å². The van der Waals surface area contributed by atoms with Gasteiger partial charge in [-0.25, -0.2) is 29.9 Å². The van der Waals surface area contributed by atoms with Gasteiger partial charge in [0.15, 0.2) is 11.1 Å². The van der Waals surface area contributed by atoms with Crippen LogP contribution in [0.25, 0.3) is 22.3 Å². The molecule has 6 aromatic rings. The molecule has 336 valence electrons. The van der Waals surface area contributed by atoms with Gasteiger partial charge in [0.25, 0.3) is 12.0 Å². The molecule has 9 heterocycles. The van der Waals surface area contributed by atoms with E-state index < -0.39 is 28.4 Å². The summed E-state index contributed by atoms with van der Waals surface area (Å²) < 4.78 is 57.4. The van der Waals surface area contributed by atoms with E-state index in [-0.39, 0.29) is 43.9 Å². The van der Waals surface area contributed by atoms with E-state index in [1.54, 1.807) is 80.0 Å². The zero-order valence-electron chi connectivity index (χ0n) is 36.0. The molecule has 2 spiro atoms. The van der Waals surface area contributed by atoms with E-state index >= 15 is 0 Å². The number of fused-ring (bicyclic) bond motifs is 8. The first-order valence-electron chi connectivity index (χ1n) is 21.0. The number of benzene rings is 2. The summed E-state index contributed by atoms with van der Waals surface area (Å²) in [6, 6.07) is 21.1. The molecule has 1 fully saturated rings. The quantitative estimate of drug-likeness (QED) is 0.124. The van der Waals surface area contributed by atoms with Gasteiger partial charge < -0.3 is 45.4 Å². The van der Waals surface area contributed by atoms with Crippen molar-refractivity contribution in [2.24, 2.45) is 32.3 Å². The number of aromatic nitrogens is 4. The zero-order valence-corrected chi connectivity index (χ0v) is 36.0. The average Bonchev–Trinajstić information content (AvgIpc) is 3.93. The van der Waals surface area contributed by atoms with Gasteiger partial charge >= 0.3 is 0 Å². The third-order valence-electron chi connectivity index (χ3n) is 12.0. The first-order valence-corrected chi connectivity index (χ1v) is 21.0. The molecular formula is C50H40F2N8O7. The van der Waals surface area contributed by atoms with Crippen LogP contribution in [0.3, 0.4) is 0 Å². The van der Waals surface area contributed by atoms with E-state index in [9.17, 15) is 19.0 Å². The number of amidine groups is 2. The number of rotatable bonds is 4. The molecule has 2 aromatic carbocycles. The molecular weight excluding hydrogens is 863 g/mol. The highest BCUT2D eigenvalue weighted by atomic mass is 19.1. The SMILES string of the molecule is CC(C#Cc1cnc2c(c1)[C@]1(COC(N)=N1)c1cc(-c3cccnc3F)ccc1O2)(CO)CO.CC1(C#Cc2cnc3c(c2)[C@]2(COC(N)=N2)c2cc(-c4cccnc4F)ccc2O3)COC1. The number of pyridine rings is 4. The number of ether oxygens (including phenoxy) is 5. The molecule has 17 heteroatoms. The Morgan fingerprint density at radius 1 is 0.657 bits per heavy atom. The highest BCUT2D eigenvalue weighted by Crippen LogP contribution is 2.53. The number of aliphatic hydroxyl groups is 2. The molecule has 67 heavy (non-hydrogen) atoms. The van der Waals surface area contributed by atoms with Crippen LogP contribution in [0.5, 0.6) is 23.3 Å². The normalized spacial score (nSPS) is 19.8. The van der Waals surface area contributed by atoms with Crippen LogP contribution in [-0.2, 0) is 25.3 Å². The topological polar surface area (TPSA) is 215 Å². The van der Waals surface area contributed by atoms with Crippen LogP contribution in [0, 0.1) is 46.4 Å². The first-order chi connectivity index (χ1) is 32.3. The third-order valence-corrected chi connectivity index (χ3v) is 12.0. The van der Waals surface area contributed by atoms with Gasteiger partial charge in [0.1, 0.15) is 24.7 Å². The number of nitrogens with two attached hydrogens (primary N) is 2. The molecule has 0 radical (unpaired) electrons. The smallest absolute Gasteiger partial charge is 0.283 e. The van der Waals surface area contributed by atoms with Gasteiger partial charge in [-0.1, -0.05) is 35.8 Å². The van der Waals surface area contributed by atoms with Gasteiger partial charge in [-0.05, 0) is 85.6 Å². The lowest BCUT2D eigenvalue weighted by molar-refractivity contribution is -0.0648. The van der Waals surface area contributed by atoms with Gasteiger partial charge in [0.2, 0.25) is 23.7 Å². The molecule has 0 amide bonds. The fourth-order valence-corrected chi connectivity index (χ4v) is 8.19. The minimum atomic E-state index is -1.07. The zero-order chi connectivity index (χ0) is 46.6. The van der Waals surface area contributed by atoms with Gasteiger partial charge in [-0.2, -0.15) is 8.78 Å². The van der Waals surface area contributed by atoms with Gasteiger partial charge in [0, 0.05) is 58.2 Å². The molecule has 2 atom stereocenters. The summed E-state index contributed by atoms with van der Waals surface area (Å²) in [6.45, 7) is 4.63. The maximum absolute atomic E-state index is 14.4. The lowest BCUT2D eigenvalue weighted by atomic mass is 9.81. The minimum absolute atomic E-state index is 0.0152. The summed E-state index contributed by atoms with van der Waals surface area (Å²) in [5.74, 6) is 13.0. The largest absolute Gasteiger partial charge is 0.462 e. The van der Waals surface area contributed by atoms with Crippen molar-refractivity contribution in [3.63, 3.8) is 0 Å². The molecule has 5 aliphatic heterocycles. The molecule has 15 nitrogen and oxygen atoms in total. The van der Waals surface area contributed by atoms with Crippen molar-refractivity contribution in [3.8, 4) is 69.2 Å². The van der Waals surface area contributed by atoms with Crippen LogP contribution in [0.15, 0.2) is 108 Å². The summed E-state index contributed by atoms with van der Waals surface area (Å²) in [5.41, 5.74) is 14.6. The van der Waals surface area contributed by atoms with Crippen LogP contribution in [0.1, 0.15) is 47.2 Å². The van der Waals surface area contributed by atoms with Crippen LogP contribution in [-0.4, -0.2) is 81.8 Å². The van der Waals surface area contributed by atoms with Crippen molar-refractivity contribution in [3.05, 3.63) is 143 Å². The highest BCUT2D eigenvalue weighted by molar-refractivity contribution is 5.79. The number of hydrogen-bond donors (Lipinski definition) is 4. The van der Waals surface area contributed by atoms with E-state index in [1.807, 2.05) is 12.1 Å². The maximum Gasteiger partial charge on any atom is 0.283 e. The van der Waals surface area contributed by atoms with Crippen molar-refractivity contribution in [2.45, 2.75) is 24.9 Å². The molecule has 0 unspecified atom stereocenters. The number of hydrogen-bond acceptors (Lipinski definition) is 15. The van der Waals surface area contributed by atoms with Crippen molar-refractivity contribution in [1.29, 1.82) is 0 Å². The van der Waals surface area contributed by atoms with Crippen LogP contribution in [0.4, 0.5) is 8.78 Å². The van der Waals surface area contributed by atoms with E-state index in [4.69, 9.17) is 35.2 Å². The minimum Gasteiger partial charge on any atom is -0.462 e. The van der Waals surface area contributed by atoms with Crippen molar-refractivity contribution < 1.29 is 42.7 Å². The Bertz CT molecular complexity index is 3190. The van der Waals surface area contributed by atoms with Crippen LogP contribution >= 0.6 is 0 Å². The highest BCUT2D eigenvalue weighted by Gasteiger charge is 2.49. The second-order valence-electron chi connectivity index (χ2n) is 17.1. The van der Waals surface area contributed by atoms with E-state index in [0.717, 1.165) is 5.56 Å². The van der Waals surface area contributed by atoms with Crippen molar-refractivity contribution in [2.75, 3.05) is 39.6 Å². The second-order valence-corrected chi connectivity index (χ2v) is 17.1. The predicted octanol–water partition coefficient (Wildman–Crippen LogP) is 5.68. The number of nitrogens with zero attached hydrogens (tertiary/aromatic N) is 6. The molecule has 1 saturated heterocycles. The summed E-state index contributed by atoms with van der Waals surface area (Å²) in [7, 11) is 0. The fraction of sp³-hybridized carbons (Fsp3) is 0.240. The molecule has 0 aliphatic carbocycles. The number of aliphatic imine (C=N–C) groups is 2. The number of halogens is 2. The molecule has 5 aliphatic rings. The predicted molar refractivity (Wildman–Crippen MR) is 240 cm³/mol. The van der Waals surface area contributed by atoms with Gasteiger partial charge in [-0.3, -0.25) is 0 Å². The molecule has 0 saturated carbocycles. The Hall–Kier alpha value is -7.96. The maximum atomic E-state index is 14.4. The summed E-state index contributed by atoms with van der Waals surface area (Å²) in [5, 5.41) is 19.0. The lowest BCUT2D eigenvalue weighted by Gasteiger charge is -2.33. The molecule has 4 aromatic heterocycles. The number of aliphatic hydroxyl groups excluding tert-OH is 2. The van der Waals surface area contributed by atoms with Gasteiger partial charge in [0.05, 0.1) is 48.4 Å². The Labute approximate surface area is 382 Å². The van der Waals surface area contributed by atoms with Crippen LogP contribution < -0.4 is 20.9 Å². The third kappa shape index (κ3) is 7.68. The van der Waals surface area contributed by atoms with Crippen molar-refractivity contribution >= 4 is 12.0 Å². The summed E-state index contributed by atoms with van der Waals surface area (Å²) >= 11 is 0. The Morgan fingerprint density at radius 2 is 1.15 bits per heavy atom. The molecule has 11 rings (SSSR count). The fourth-order valence-electron chi connectivity index (χ4n) is 8.19. The summed E-state index contributed by atoms with van der Waals surface area (Å²) in [6.07, 6.45) is 6.02. The average molecular weight is 903 g/mol. The van der Waals surface area contributed by atoms with E-state index in [1.165, 1.54) is 12.4 Å². The van der Waals surface area contributed by atoms with Crippen LogP contribution in [0.2, 0.25) is 0 Å². The van der Waals surface area contributed by atoms with E-state index in [0.29, 0.717) is 86.5 Å². The molecule has 6 N–H and O–H groups in total. The monoisotopic (exact) mass is 902 g/mol.